The van der Waals surface area contributed by atoms with Crippen LogP contribution in [0.1, 0.15) is 28.8 Å². The number of nitrogen functional groups attached to an aromatic ring is 1. The molecule has 0 spiro atoms. The number of anilines is 1. The molecule has 0 unspecified atom stereocenters. The van der Waals surface area contributed by atoms with Gasteiger partial charge in [-0.05, 0) is 72.2 Å². The van der Waals surface area contributed by atoms with Crippen LogP contribution in [0, 0.1) is 0 Å². The third-order valence-corrected chi connectivity index (χ3v) is 6.33. The molecule has 2 heterocycles. The maximum Gasteiger partial charge on any atom is 0.251 e. The van der Waals surface area contributed by atoms with E-state index in [1.54, 1.807) is 11.9 Å². The van der Waals surface area contributed by atoms with Gasteiger partial charge in [0.15, 0.2) is 0 Å². The monoisotopic (exact) mass is 402 g/mol. The SMILES string of the molecule is Nc1ncc(-c2ccc(SNC3CC3)cc2)cc1-c1ccc2c(c1)CCNC2=O. The summed E-state index contributed by atoms with van der Waals surface area (Å²) in [5.41, 5.74) is 12.0. The molecule has 146 valence electrons. The van der Waals surface area contributed by atoms with Gasteiger partial charge in [0.25, 0.3) is 5.91 Å². The predicted molar refractivity (Wildman–Crippen MR) is 118 cm³/mol. The smallest absolute Gasteiger partial charge is 0.251 e. The maximum atomic E-state index is 12.0. The van der Waals surface area contributed by atoms with Gasteiger partial charge in [-0.15, -0.1) is 0 Å². The average molecular weight is 403 g/mol. The summed E-state index contributed by atoms with van der Waals surface area (Å²) in [4.78, 5) is 17.6. The van der Waals surface area contributed by atoms with Crippen LogP contribution in [0.4, 0.5) is 5.82 Å². The molecule has 1 fully saturated rings. The molecule has 4 N–H and O–H groups in total. The molecule has 0 bridgehead atoms. The van der Waals surface area contributed by atoms with Crippen molar-refractivity contribution < 1.29 is 4.79 Å². The normalized spacial score (nSPS) is 15.7. The van der Waals surface area contributed by atoms with Crippen LogP contribution >= 0.6 is 11.9 Å². The Hall–Kier alpha value is -2.83. The van der Waals surface area contributed by atoms with Crippen LogP contribution in [-0.4, -0.2) is 23.5 Å². The minimum Gasteiger partial charge on any atom is -0.383 e. The summed E-state index contributed by atoms with van der Waals surface area (Å²) in [6.45, 7) is 0.670. The van der Waals surface area contributed by atoms with Crippen molar-refractivity contribution in [3.05, 3.63) is 65.9 Å². The largest absolute Gasteiger partial charge is 0.383 e. The fourth-order valence-electron chi connectivity index (χ4n) is 3.53. The fourth-order valence-corrected chi connectivity index (χ4v) is 4.34. The molecule has 1 saturated carbocycles. The van der Waals surface area contributed by atoms with Gasteiger partial charge in [-0.25, -0.2) is 4.98 Å². The molecular formula is C23H22N4OS. The Bertz CT molecular complexity index is 1080. The lowest BCUT2D eigenvalue weighted by atomic mass is 9.94. The number of hydrogen-bond donors (Lipinski definition) is 3. The number of carbonyl (C=O) groups excluding carboxylic acids is 1. The second-order valence-electron chi connectivity index (χ2n) is 7.55. The third kappa shape index (κ3) is 3.86. The summed E-state index contributed by atoms with van der Waals surface area (Å²) >= 11 is 1.69. The van der Waals surface area contributed by atoms with E-state index in [1.165, 1.54) is 17.7 Å². The Labute approximate surface area is 174 Å². The van der Waals surface area contributed by atoms with Gasteiger partial charge in [0.2, 0.25) is 0 Å². The predicted octanol–water partition coefficient (Wildman–Crippen LogP) is 4.04. The number of pyridine rings is 1. The number of benzene rings is 2. The van der Waals surface area contributed by atoms with Crippen LogP contribution < -0.4 is 15.8 Å². The van der Waals surface area contributed by atoms with Crippen molar-refractivity contribution in [3.8, 4) is 22.3 Å². The Morgan fingerprint density at radius 3 is 2.59 bits per heavy atom. The molecule has 2 aliphatic rings. The number of amides is 1. The van der Waals surface area contributed by atoms with E-state index in [0.717, 1.165) is 39.8 Å². The number of nitrogens with one attached hydrogen (secondary N) is 2. The minimum absolute atomic E-state index is 0.00761. The van der Waals surface area contributed by atoms with E-state index in [2.05, 4.69) is 51.4 Å². The van der Waals surface area contributed by atoms with E-state index in [9.17, 15) is 4.79 Å². The van der Waals surface area contributed by atoms with Gasteiger partial charge >= 0.3 is 0 Å². The Kier molecular flexibility index (Phi) is 4.73. The molecule has 0 atom stereocenters. The van der Waals surface area contributed by atoms with Crippen LogP contribution in [0.15, 0.2) is 59.6 Å². The molecule has 5 rings (SSSR count). The van der Waals surface area contributed by atoms with Gasteiger partial charge in [-0.2, -0.15) is 0 Å². The minimum atomic E-state index is -0.00761. The van der Waals surface area contributed by atoms with Crippen molar-refractivity contribution in [2.45, 2.75) is 30.2 Å². The van der Waals surface area contributed by atoms with Gasteiger partial charge in [0, 0.05) is 40.4 Å². The quantitative estimate of drug-likeness (QED) is 0.561. The van der Waals surface area contributed by atoms with Crippen molar-refractivity contribution in [2.24, 2.45) is 0 Å². The molecule has 3 aromatic rings. The standard InChI is InChI=1S/C23H22N4OS/c24-22-21(15-3-8-20-16(11-15)9-10-25-23(20)28)12-17(13-26-22)14-1-6-19(7-2-14)29-27-18-4-5-18/h1-3,6-8,11-13,18,27H,4-5,9-10H2,(H2,24,26)(H,25,28). The van der Waals surface area contributed by atoms with E-state index < -0.39 is 0 Å². The lowest BCUT2D eigenvalue weighted by molar-refractivity contribution is 0.0946. The Balaban J connectivity index is 1.43. The number of rotatable bonds is 5. The topological polar surface area (TPSA) is 80.0 Å². The molecule has 1 aromatic heterocycles. The van der Waals surface area contributed by atoms with Crippen molar-refractivity contribution >= 4 is 23.7 Å². The lowest BCUT2D eigenvalue weighted by Crippen LogP contribution is -2.31. The first-order valence-corrected chi connectivity index (χ1v) is 10.7. The zero-order chi connectivity index (χ0) is 19.8. The van der Waals surface area contributed by atoms with Gasteiger partial charge in [-0.3, -0.25) is 9.52 Å². The van der Waals surface area contributed by atoms with Crippen LogP contribution in [0.2, 0.25) is 0 Å². The molecule has 1 aliphatic carbocycles. The van der Waals surface area contributed by atoms with E-state index in [1.807, 2.05) is 18.3 Å². The number of nitrogens with zero attached hydrogens (tertiary/aromatic N) is 1. The molecule has 2 aromatic carbocycles. The first-order valence-electron chi connectivity index (χ1n) is 9.87. The van der Waals surface area contributed by atoms with Crippen LogP contribution in [0.25, 0.3) is 22.3 Å². The summed E-state index contributed by atoms with van der Waals surface area (Å²) in [5, 5.41) is 2.88. The Morgan fingerprint density at radius 1 is 1.00 bits per heavy atom. The second kappa shape index (κ2) is 7.54. The van der Waals surface area contributed by atoms with Gasteiger partial charge in [-0.1, -0.05) is 24.3 Å². The van der Waals surface area contributed by atoms with Crippen molar-refractivity contribution in [1.29, 1.82) is 0 Å². The Morgan fingerprint density at radius 2 is 1.79 bits per heavy atom. The maximum absolute atomic E-state index is 12.0. The summed E-state index contributed by atoms with van der Waals surface area (Å²) in [7, 11) is 0. The van der Waals surface area contributed by atoms with E-state index in [4.69, 9.17) is 5.73 Å². The van der Waals surface area contributed by atoms with Gasteiger partial charge < -0.3 is 11.1 Å². The van der Waals surface area contributed by atoms with Gasteiger partial charge in [0.05, 0.1) is 0 Å². The first kappa shape index (κ1) is 18.2. The van der Waals surface area contributed by atoms with Crippen LogP contribution in [0.3, 0.4) is 0 Å². The van der Waals surface area contributed by atoms with Crippen molar-refractivity contribution in [3.63, 3.8) is 0 Å². The van der Waals surface area contributed by atoms with E-state index >= 15 is 0 Å². The summed E-state index contributed by atoms with van der Waals surface area (Å²) < 4.78 is 3.46. The molecule has 0 radical (unpaired) electrons. The average Bonchev–Trinajstić information content (AvgIpc) is 3.58. The van der Waals surface area contributed by atoms with Gasteiger partial charge in [0.1, 0.15) is 5.82 Å². The highest BCUT2D eigenvalue weighted by Crippen LogP contribution is 2.32. The zero-order valence-electron chi connectivity index (χ0n) is 15.9. The van der Waals surface area contributed by atoms with Crippen LogP contribution in [-0.2, 0) is 6.42 Å². The molecule has 6 heteroatoms. The molecule has 1 amide bonds. The summed E-state index contributed by atoms with van der Waals surface area (Å²) in [6.07, 6.45) is 5.20. The van der Waals surface area contributed by atoms with E-state index in [-0.39, 0.29) is 5.91 Å². The van der Waals surface area contributed by atoms with Crippen molar-refractivity contribution in [1.82, 2.24) is 15.0 Å². The molecule has 1 aliphatic heterocycles. The lowest BCUT2D eigenvalue weighted by Gasteiger charge is -2.18. The molecule has 0 saturated heterocycles. The third-order valence-electron chi connectivity index (χ3n) is 5.37. The summed E-state index contributed by atoms with van der Waals surface area (Å²) in [5.74, 6) is 0.488. The van der Waals surface area contributed by atoms with E-state index in [0.29, 0.717) is 18.4 Å². The zero-order valence-corrected chi connectivity index (χ0v) is 16.8. The summed E-state index contributed by atoms with van der Waals surface area (Å²) in [6, 6.07) is 17.1. The first-order chi connectivity index (χ1) is 14.2. The molecular weight excluding hydrogens is 380 g/mol. The number of fused-ring (bicyclic) bond motifs is 1. The number of nitrogens with two attached hydrogens (primary N) is 1. The van der Waals surface area contributed by atoms with Crippen LogP contribution in [0.5, 0.6) is 0 Å². The highest BCUT2D eigenvalue weighted by atomic mass is 32.2. The number of aromatic nitrogens is 1. The highest BCUT2D eigenvalue weighted by Gasteiger charge is 2.21. The molecule has 29 heavy (non-hydrogen) atoms. The second-order valence-corrected chi connectivity index (χ2v) is 8.46. The fraction of sp³-hybridized carbons (Fsp3) is 0.217. The van der Waals surface area contributed by atoms with Crippen molar-refractivity contribution in [2.75, 3.05) is 12.3 Å². The molecule has 5 nitrogen and oxygen atoms in total. The number of hydrogen-bond acceptors (Lipinski definition) is 5. The highest BCUT2D eigenvalue weighted by molar-refractivity contribution is 7.97. The number of carbonyl (C=O) groups is 1.